The average molecular weight is 208 g/mol. The molecule has 1 aromatic carbocycles. The van der Waals surface area contributed by atoms with Crippen LogP contribution in [0.25, 0.3) is 0 Å². The van der Waals surface area contributed by atoms with Crippen LogP contribution in [-0.2, 0) is 6.18 Å². The fourth-order valence-electron chi connectivity index (χ4n) is 1.22. The Morgan fingerprint density at radius 3 is 2.21 bits per heavy atom. The van der Waals surface area contributed by atoms with Gasteiger partial charge in [0.15, 0.2) is 11.6 Å². The molecular weight excluding hydrogens is 200 g/mol. The number of rotatable bonds is 1. The Hall–Kier alpha value is -1.26. The lowest BCUT2D eigenvalue weighted by Crippen LogP contribution is -2.09. The van der Waals surface area contributed by atoms with Crippen LogP contribution in [0.1, 0.15) is 11.1 Å². The summed E-state index contributed by atoms with van der Waals surface area (Å²) in [7, 11) is 1.13. The molecule has 0 N–H and O–H groups in total. The van der Waals surface area contributed by atoms with Gasteiger partial charge in [-0.2, -0.15) is 13.2 Å². The molecule has 1 aromatic rings. The van der Waals surface area contributed by atoms with E-state index in [0.29, 0.717) is 6.07 Å². The van der Waals surface area contributed by atoms with Crippen LogP contribution in [0.4, 0.5) is 17.6 Å². The van der Waals surface area contributed by atoms with Crippen LogP contribution in [0.5, 0.6) is 5.75 Å². The summed E-state index contributed by atoms with van der Waals surface area (Å²) in [5.74, 6) is -1.15. The quantitative estimate of drug-likeness (QED) is 0.644. The molecule has 1 rings (SSSR count). The highest BCUT2D eigenvalue weighted by Crippen LogP contribution is 2.36. The van der Waals surface area contributed by atoms with Gasteiger partial charge in [-0.15, -0.1) is 0 Å². The molecule has 0 unspecified atom stereocenters. The normalized spacial score (nSPS) is 11.6. The maximum Gasteiger partial charge on any atom is 0.416 e. The van der Waals surface area contributed by atoms with Crippen LogP contribution in [0.3, 0.4) is 0 Å². The van der Waals surface area contributed by atoms with Gasteiger partial charge in [0.2, 0.25) is 0 Å². The number of benzene rings is 1. The first kappa shape index (κ1) is 10.8. The van der Waals surface area contributed by atoms with Gasteiger partial charge in [0.05, 0.1) is 12.7 Å². The van der Waals surface area contributed by atoms with Crippen LogP contribution in [0, 0.1) is 12.7 Å². The molecule has 0 aliphatic heterocycles. The van der Waals surface area contributed by atoms with Gasteiger partial charge in [-0.05, 0) is 19.1 Å². The smallest absolute Gasteiger partial charge is 0.416 e. The lowest BCUT2D eigenvalue weighted by Gasteiger charge is -2.13. The monoisotopic (exact) mass is 208 g/mol. The van der Waals surface area contributed by atoms with Crippen LogP contribution in [-0.4, -0.2) is 7.11 Å². The second kappa shape index (κ2) is 3.48. The lowest BCUT2D eigenvalue weighted by molar-refractivity contribution is -0.138. The van der Waals surface area contributed by atoms with Gasteiger partial charge in [0.1, 0.15) is 0 Å². The Labute approximate surface area is 78.3 Å². The highest BCUT2D eigenvalue weighted by atomic mass is 19.4. The molecular formula is C9H8F4O. The fraction of sp³-hybridized carbons (Fsp3) is 0.333. The van der Waals surface area contributed by atoms with E-state index >= 15 is 0 Å². The first-order valence-corrected chi connectivity index (χ1v) is 3.78. The second-order valence-corrected chi connectivity index (χ2v) is 2.75. The molecule has 14 heavy (non-hydrogen) atoms. The van der Waals surface area contributed by atoms with Crippen molar-refractivity contribution in [2.24, 2.45) is 0 Å². The minimum absolute atomic E-state index is 0.236. The molecule has 0 radical (unpaired) electrons. The topological polar surface area (TPSA) is 9.23 Å². The van der Waals surface area contributed by atoms with Gasteiger partial charge < -0.3 is 4.74 Å². The van der Waals surface area contributed by atoms with Crippen molar-refractivity contribution in [2.45, 2.75) is 13.1 Å². The van der Waals surface area contributed by atoms with E-state index in [9.17, 15) is 17.6 Å². The van der Waals surface area contributed by atoms with E-state index in [2.05, 4.69) is 4.74 Å². The van der Waals surface area contributed by atoms with Crippen molar-refractivity contribution < 1.29 is 22.3 Å². The predicted molar refractivity (Wildman–Crippen MR) is 42.7 cm³/mol. The van der Waals surface area contributed by atoms with E-state index < -0.39 is 17.6 Å². The molecule has 5 heteroatoms. The fourth-order valence-corrected chi connectivity index (χ4v) is 1.22. The molecule has 0 fully saturated rings. The van der Waals surface area contributed by atoms with Gasteiger partial charge in [-0.1, -0.05) is 0 Å². The Balaban J connectivity index is 3.36. The van der Waals surface area contributed by atoms with Crippen molar-refractivity contribution in [2.75, 3.05) is 7.11 Å². The third-order valence-corrected chi connectivity index (χ3v) is 1.87. The summed E-state index contributed by atoms with van der Waals surface area (Å²) < 4.78 is 54.4. The number of hydrogen-bond acceptors (Lipinski definition) is 1. The van der Waals surface area contributed by atoms with Gasteiger partial charge in [-0.25, -0.2) is 4.39 Å². The molecule has 0 heterocycles. The maximum atomic E-state index is 12.9. The van der Waals surface area contributed by atoms with Crippen molar-refractivity contribution in [3.63, 3.8) is 0 Å². The predicted octanol–water partition coefficient (Wildman–Crippen LogP) is 3.16. The minimum Gasteiger partial charge on any atom is -0.493 e. The molecule has 0 aliphatic rings. The van der Waals surface area contributed by atoms with Crippen molar-refractivity contribution in [3.8, 4) is 5.75 Å². The second-order valence-electron chi connectivity index (χ2n) is 2.75. The third kappa shape index (κ3) is 1.81. The first-order chi connectivity index (χ1) is 6.38. The lowest BCUT2D eigenvalue weighted by atomic mass is 10.1. The van der Waals surface area contributed by atoms with E-state index in [4.69, 9.17) is 0 Å². The standard InChI is InChI=1S/C9H8F4O/c1-5-6(9(11,12)13)3-4-7(10)8(5)14-2/h3-4H,1-2H3. The Morgan fingerprint density at radius 1 is 1.21 bits per heavy atom. The molecule has 0 aromatic heterocycles. The molecule has 0 saturated heterocycles. The molecule has 78 valence electrons. The first-order valence-electron chi connectivity index (χ1n) is 3.78. The summed E-state index contributed by atoms with van der Waals surface area (Å²) in [6, 6.07) is 1.45. The summed E-state index contributed by atoms with van der Waals surface area (Å²) >= 11 is 0. The Morgan fingerprint density at radius 2 is 1.79 bits per heavy atom. The minimum atomic E-state index is -4.48. The Kier molecular flexibility index (Phi) is 2.69. The molecule has 0 saturated carbocycles. The van der Waals surface area contributed by atoms with Crippen molar-refractivity contribution >= 4 is 0 Å². The number of ether oxygens (including phenoxy) is 1. The molecule has 0 aliphatic carbocycles. The van der Waals surface area contributed by atoms with Crippen LogP contribution in [0.15, 0.2) is 12.1 Å². The van der Waals surface area contributed by atoms with Crippen molar-refractivity contribution in [1.82, 2.24) is 0 Å². The van der Waals surface area contributed by atoms with Crippen LogP contribution >= 0.6 is 0 Å². The molecule has 0 amide bonds. The summed E-state index contributed by atoms with van der Waals surface area (Å²) in [5.41, 5.74) is -1.12. The molecule has 1 nitrogen and oxygen atoms in total. The van der Waals surface area contributed by atoms with E-state index in [1.165, 1.54) is 6.92 Å². The number of halogens is 4. The summed E-state index contributed by atoms with van der Waals surface area (Å²) in [4.78, 5) is 0. The zero-order chi connectivity index (χ0) is 10.9. The van der Waals surface area contributed by atoms with Crippen molar-refractivity contribution in [1.29, 1.82) is 0 Å². The largest absolute Gasteiger partial charge is 0.493 e. The van der Waals surface area contributed by atoms with Gasteiger partial charge >= 0.3 is 6.18 Å². The van der Waals surface area contributed by atoms with Gasteiger partial charge in [0.25, 0.3) is 0 Å². The van der Waals surface area contributed by atoms with Gasteiger partial charge in [-0.3, -0.25) is 0 Å². The van der Waals surface area contributed by atoms with Crippen molar-refractivity contribution in [3.05, 3.63) is 29.1 Å². The Bertz CT molecular complexity index is 343. The van der Waals surface area contributed by atoms with E-state index in [1.807, 2.05) is 0 Å². The summed E-state index contributed by atoms with van der Waals surface area (Å²) in [5, 5.41) is 0. The number of hydrogen-bond donors (Lipinski definition) is 0. The summed E-state index contributed by atoms with van der Waals surface area (Å²) in [6.07, 6.45) is -4.48. The summed E-state index contributed by atoms with van der Waals surface area (Å²) in [6.45, 7) is 1.17. The molecule has 0 bridgehead atoms. The molecule has 0 atom stereocenters. The number of alkyl halides is 3. The number of methoxy groups -OCH3 is 1. The zero-order valence-corrected chi connectivity index (χ0v) is 7.57. The highest BCUT2D eigenvalue weighted by molar-refractivity contribution is 5.41. The van der Waals surface area contributed by atoms with E-state index in [-0.39, 0.29) is 11.3 Å². The van der Waals surface area contributed by atoms with Crippen LogP contribution < -0.4 is 4.74 Å². The van der Waals surface area contributed by atoms with E-state index in [0.717, 1.165) is 13.2 Å². The zero-order valence-electron chi connectivity index (χ0n) is 7.57. The van der Waals surface area contributed by atoms with Gasteiger partial charge in [0, 0.05) is 5.56 Å². The van der Waals surface area contributed by atoms with E-state index in [1.54, 1.807) is 0 Å². The maximum absolute atomic E-state index is 12.9. The average Bonchev–Trinajstić information content (AvgIpc) is 2.02. The van der Waals surface area contributed by atoms with Crippen LogP contribution in [0.2, 0.25) is 0 Å². The molecule has 0 spiro atoms. The SMILES string of the molecule is COc1c(F)ccc(C(F)(F)F)c1C. The third-order valence-electron chi connectivity index (χ3n) is 1.87. The highest BCUT2D eigenvalue weighted by Gasteiger charge is 2.34.